The van der Waals surface area contributed by atoms with Crippen molar-refractivity contribution >= 4 is 11.6 Å². The lowest BCUT2D eigenvalue weighted by atomic mass is 9.79. The normalized spacial score (nSPS) is 23.4. The number of benzene rings is 1. The minimum Gasteiger partial charge on any atom is -0.375 e. The molecular formula is C13H17NO2. The van der Waals surface area contributed by atoms with E-state index in [4.69, 9.17) is 0 Å². The van der Waals surface area contributed by atoms with Crippen LogP contribution in [0.2, 0.25) is 0 Å². The topological polar surface area (TPSA) is 49.3 Å². The maximum atomic E-state index is 12.0. The molecule has 1 aromatic rings. The van der Waals surface area contributed by atoms with Crippen LogP contribution in [-0.4, -0.2) is 11.0 Å². The van der Waals surface area contributed by atoms with Crippen molar-refractivity contribution in [2.75, 3.05) is 5.32 Å². The SMILES string of the molecule is CCC(CC)C1(O)C(=O)Nc2ccccc21. The molecule has 2 rings (SSSR count). The fourth-order valence-corrected chi connectivity index (χ4v) is 2.55. The molecule has 0 bridgehead atoms. The van der Waals surface area contributed by atoms with Gasteiger partial charge in [0.2, 0.25) is 0 Å². The Bertz CT molecular complexity index is 412. The zero-order valence-electron chi connectivity index (χ0n) is 9.66. The lowest BCUT2D eigenvalue weighted by Gasteiger charge is -2.29. The number of fused-ring (bicyclic) bond motifs is 1. The van der Waals surface area contributed by atoms with Crippen molar-refractivity contribution in [3.63, 3.8) is 0 Å². The van der Waals surface area contributed by atoms with Crippen molar-refractivity contribution in [2.24, 2.45) is 5.92 Å². The number of para-hydroxylation sites is 1. The van der Waals surface area contributed by atoms with E-state index in [1.807, 2.05) is 38.1 Å². The number of hydrogen-bond acceptors (Lipinski definition) is 2. The number of amides is 1. The van der Waals surface area contributed by atoms with Crippen LogP contribution in [0, 0.1) is 5.92 Å². The van der Waals surface area contributed by atoms with Crippen molar-refractivity contribution in [3.05, 3.63) is 29.8 Å². The summed E-state index contributed by atoms with van der Waals surface area (Å²) in [5.41, 5.74) is 0.107. The number of rotatable bonds is 3. The van der Waals surface area contributed by atoms with Crippen LogP contribution in [-0.2, 0) is 10.4 Å². The second-order valence-electron chi connectivity index (χ2n) is 4.28. The molecule has 1 unspecified atom stereocenters. The van der Waals surface area contributed by atoms with Gasteiger partial charge in [-0.05, 0) is 18.9 Å². The molecule has 0 saturated carbocycles. The zero-order chi connectivity index (χ0) is 11.8. The van der Waals surface area contributed by atoms with E-state index in [9.17, 15) is 9.90 Å². The summed E-state index contributed by atoms with van der Waals surface area (Å²) < 4.78 is 0. The molecule has 1 aliphatic heterocycles. The molecule has 1 amide bonds. The molecule has 2 N–H and O–H groups in total. The number of aliphatic hydroxyl groups is 1. The Morgan fingerprint density at radius 1 is 1.31 bits per heavy atom. The highest BCUT2D eigenvalue weighted by molar-refractivity contribution is 6.05. The maximum Gasteiger partial charge on any atom is 0.261 e. The van der Waals surface area contributed by atoms with Gasteiger partial charge in [0.25, 0.3) is 5.91 Å². The molecule has 1 atom stereocenters. The second kappa shape index (κ2) is 3.91. The molecule has 1 heterocycles. The molecule has 0 aromatic heterocycles. The molecule has 0 radical (unpaired) electrons. The van der Waals surface area contributed by atoms with Gasteiger partial charge in [0.15, 0.2) is 5.60 Å². The van der Waals surface area contributed by atoms with Crippen LogP contribution in [0.1, 0.15) is 32.3 Å². The van der Waals surface area contributed by atoms with Gasteiger partial charge in [0.05, 0.1) is 0 Å². The monoisotopic (exact) mass is 219 g/mol. The highest BCUT2D eigenvalue weighted by Crippen LogP contribution is 2.43. The van der Waals surface area contributed by atoms with Crippen molar-refractivity contribution in [2.45, 2.75) is 32.3 Å². The first-order chi connectivity index (χ1) is 7.64. The first-order valence-corrected chi connectivity index (χ1v) is 5.77. The van der Waals surface area contributed by atoms with Crippen LogP contribution in [0.4, 0.5) is 5.69 Å². The lowest BCUT2D eigenvalue weighted by Crippen LogP contribution is -2.41. The lowest BCUT2D eigenvalue weighted by molar-refractivity contribution is -0.140. The van der Waals surface area contributed by atoms with Gasteiger partial charge in [0, 0.05) is 17.2 Å². The third-order valence-electron chi connectivity index (χ3n) is 3.51. The smallest absolute Gasteiger partial charge is 0.261 e. The van der Waals surface area contributed by atoms with Crippen LogP contribution in [0.5, 0.6) is 0 Å². The number of carbonyl (C=O) groups excluding carboxylic acids is 1. The van der Waals surface area contributed by atoms with Crippen molar-refractivity contribution < 1.29 is 9.90 Å². The molecule has 0 saturated heterocycles. The predicted octanol–water partition coefficient (Wildman–Crippen LogP) is 2.26. The van der Waals surface area contributed by atoms with Crippen LogP contribution in [0.15, 0.2) is 24.3 Å². The average molecular weight is 219 g/mol. The number of nitrogens with one attached hydrogen (secondary N) is 1. The predicted molar refractivity (Wildman–Crippen MR) is 63.0 cm³/mol. The number of carbonyl (C=O) groups is 1. The van der Waals surface area contributed by atoms with Gasteiger partial charge in [-0.3, -0.25) is 4.79 Å². The third-order valence-corrected chi connectivity index (χ3v) is 3.51. The molecule has 1 aliphatic rings. The highest BCUT2D eigenvalue weighted by Gasteiger charge is 2.49. The molecule has 0 aliphatic carbocycles. The molecule has 0 fully saturated rings. The summed E-state index contributed by atoms with van der Waals surface area (Å²) in [6, 6.07) is 7.36. The van der Waals surface area contributed by atoms with Gasteiger partial charge < -0.3 is 10.4 Å². The van der Waals surface area contributed by atoms with E-state index < -0.39 is 5.60 Å². The first-order valence-electron chi connectivity index (χ1n) is 5.77. The molecule has 3 heteroatoms. The summed E-state index contributed by atoms with van der Waals surface area (Å²) in [6.07, 6.45) is 1.57. The van der Waals surface area contributed by atoms with E-state index in [0.29, 0.717) is 5.56 Å². The van der Waals surface area contributed by atoms with Crippen LogP contribution in [0.25, 0.3) is 0 Å². The molecular weight excluding hydrogens is 202 g/mol. The van der Waals surface area contributed by atoms with Gasteiger partial charge in [0.1, 0.15) is 0 Å². The van der Waals surface area contributed by atoms with Gasteiger partial charge in [-0.15, -0.1) is 0 Å². The van der Waals surface area contributed by atoms with Gasteiger partial charge in [-0.1, -0.05) is 32.0 Å². The molecule has 3 nitrogen and oxygen atoms in total. The zero-order valence-corrected chi connectivity index (χ0v) is 9.66. The Kier molecular flexibility index (Phi) is 2.72. The van der Waals surface area contributed by atoms with E-state index >= 15 is 0 Å². The summed E-state index contributed by atoms with van der Waals surface area (Å²) in [4.78, 5) is 12.0. The summed E-state index contributed by atoms with van der Waals surface area (Å²) in [6.45, 7) is 4.00. The van der Waals surface area contributed by atoms with E-state index in [0.717, 1.165) is 18.5 Å². The van der Waals surface area contributed by atoms with Crippen molar-refractivity contribution in [3.8, 4) is 0 Å². The highest BCUT2D eigenvalue weighted by atomic mass is 16.3. The van der Waals surface area contributed by atoms with Gasteiger partial charge in [-0.2, -0.15) is 0 Å². The largest absolute Gasteiger partial charge is 0.375 e. The van der Waals surface area contributed by atoms with Crippen LogP contribution >= 0.6 is 0 Å². The van der Waals surface area contributed by atoms with Crippen LogP contribution in [0.3, 0.4) is 0 Å². The van der Waals surface area contributed by atoms with Crippen molar-refractivity contribution in [1.82, 2.24) is 0 Å². The Hall–Kier alpha value is -1.35. The summed E-state index contributed by atoms with van der Waals surface area (Å²) in [7, 11) is 0. The van der Waals surface area contributed by atoms with E-state index in [2.05, 4.69) is 5.32 Å². The third kappa shape index (κ3) is 1.35. The van der Waals surface area contributed by atoms with Crippen LogP contribution < -0.4 is 5.32 Å². The Morgan fingerprint density at radius 2 is 1.94 bits per heavy atom. The first kappa shape index (κ1) is 11.1. The van der Waals surface area contributed by atoms with Crippen molar-refractivity contribution in [1.29, 1.82) is 0 Å². The summed E-state index contributed by atoms with van der Waals surface area (Å²) >= 11 is 0. The Morgan fingerprint density at radius 3 is 2.56 bits per heavy atom. The quantitative estimate of drug-likeness (QED) is 0.819. The van der Waals surface area contributed by atoms with E-state index in [1.54, 1.807) is 0 Å². The average Bonchev–Trinajstić information content (AvgIpc) is 2.55. The fourth-order valence-electron chi connectivity index (χ4n) is 2.55. The summed E-state index contributed by atoms with van der Waals surface area (Å²) in [5.74, 6) is -0.321. The van der Waals surface area contributed by atoms with Gasteiger partial charge >= 0.3 is 0 Å². The fraction of sp³-hybridized carbons (Fsp3) is 0.462. The Balaban J connectivity index is 2.52. The molecule has 86 valence electrons. The minimum atomic E-state index is -1.35. The van der Waals surface area contributed by atoms with E-state index in [1.165, 1.54) is 0 Å². The second-order valence-corrected chi connectivity index (χ2v) is 4.28. The Labute approximate surface area is 95.5 Å². The van der Waals surface area contributed by atoms with E-state index in [-0.39, 0.29) is 11.8 Å². The number of hydrogen-bond donors (Lipinski definition) is 2. The molecule has 1 aromatic carbocycles. The maximum absolute atomic E-state index is 12.0. The molecule has 0 spiro atoms. The standard InChI is InChI=1S/C13H17NO2/c1-3-9(4-2)13(16)10-7-5-6-8-11(10)14-12(13)15/h5-9,16H,3-4H2,1-2H3,(H,14,15). The number of anilines is 1. The van der Waals surface area contributed by atoms with Gasteiger partial charge in [-0.25, -0.2) is 0 Å². The molecule has 16 heavy (non-hydrogen) atoms. The summed E-state index contributed by atoms with van der Waals surface area (Å²) in [5, 5.41) is 13.4. The minimum absolute atomic E-state index is 0.0313.